The van der Waals surface area contributed by atoms with Crippen LogP contribution >= 0.6 is 11.7 Å². The van der Waals surface area contributed by atoms with Gasteiger partial charge in [0.2, 0.25) is 5.89 Å². The van der Waals surface area contributed by atoms with Crippen molar-refractivity contribution in [3.8, 4) is 0 Å². The van der Waals surface area contributed by atoms with Gasteiger partial charge in [-0.25, -0.2) is 0 Å². The molecule has 0 spiro atoms. The summed E-state index contributed by atoms with van der Waals surface area (Å²) in [6.07, 6.45) is 2.33. The highest BCUT2D eigenvalue weighted by atomic mass is 32.1. The van der Waals surface area contributed by atoms with Gasteiger partial charge in [-0.3, -0.25) is 0 Å². The summed E-state index contributed by atoms with van der Waals surface area (Å²) >= 11 is 1.24. The molecule has 3 aromatic rings. The van der Waals surface area contributed by atoms with Crippen molar-refractivity contribution in [2.75, 3.05) is 11.9 Å². The third kappa shape index (κ3) is 2.14. The lowest BCUT2D eigenvalue weighted by molar-refractivity contribution is 0.379. The summed E-state index contributed by atoms with van der Waals surface area (Å²) in [6, 6.07) is 6.10. The van der Waals surface area contributed by atoms with Crippen LogP contribution in [0.3, 0.4) is 0 Å². The monoisotopic (exact) mass is 287 g/mol. The van der Waals surface area contributed by atoms with E-state index in [1.54, 1.807) is 0 Å². The van der Waals surface area contributed by atoms with E-state index in [2.05, 4.69) is 31.0 Å². The molecule has 1 aromatic carbocycles. The molecule has 0 amide bonds. The molecule has 1 aliphatic carbocycles. The van der Waals surface area contributed by atoms with Crippen molar-refractivity contribution in [2.45, 2.75) is 25.3 Å². The molecule has 2 heterocycles. The van der Waals surface area contributed by atoms with E-state index in [0.29, 0.717) is 11.9 Å². The first-order valence-corrected chi connectivity index (χ1v) is 7.28. The number of benzene rings is 1. The summed E-state index contributed by atoms with van der Waals surface area (Å²) in [7, 11) is 1.96. The Morgan fingerprint density at radius 3 is 3.00 bits per heavy atom. The van der Waals surface area contributed by atoms with Gasteiger partial charge in [0.05, 0.1) is 11.7 Å². The Kier molecular flexibility index (Phi) is 2.66. The average Bonchev–Trinajstić information content (AvgIpc) is 3.01. The maximum atomic E-state index is 5.28. The first kappa shape index (κ1) is 11.8. The van der Waals surface area contributed by atoms with Gasteiger partial charge in [-0.2, -0.15) is 13.7 Å². The number of nitrogens with zero attached hydrogens (tertiary/aromatic N) is 5. The zero-order chi connectivity index (χ0) is 13.5. The Morgan fingerprint density at radius 2 is 2.15 bits per heavy atom. The second kappa shape index (κ2) is 4.52. The smallest absolute Gasteiger partial charge is 0.266 e. The van der Waals surface area contributed by atoms with E-state index in [0.717, 1.165) is 29.0 Å². The number of rotatable bonds is 4. The van der Waals surface area contributed by atoms with Gasteiger partial charge in [0.1, 0.15) is 11.0 Å². The molecule has 0 N–H and O–H groups in total. The van der Waals surface area contributed by atoms with E-state index >= 15 is 0 Å². The van der Waals surface area contributed by atoms with Gasteiger partial charge < -0.3 is 9.42 Å². The van der Waals surface area contributed by atoms with Crippen LogP contribution in [0.25, 0.3) is 11.0 Å². The lowest BCUT2D eigenvalue weighted by Gasteiger charge is -2.13. The standard InChI is InChI=1S/C13H13N5OS/c1-18(13-14-12(19-15-13)9-3-4-9)7-8-2-5-10-11(6-8)17-20-16-10/h2,5-6,9H,3-4,7H2,1H3. The lowest BCUT2D eigenvalue weighted by Crippen LogP contribution is -2.17. The van der Waals surface area contributed by atoms with Gasteiger partial charge in [0, 0.05) is 19.5 Å². The van der Waals surface area contributed by atoms with Gasteiger partial charge >= 0.3 is 0 Å². The minimum absolute atomic E-state index is 0.488. The Bertz CT molecular complexity index is 748. The normalized spacial score (nSPS) is 14.8. The lowest BCUT2D eigenvalue weighted by atomic mass is 10.2. The van der Waals surface area contributed by atoms with Crippen LogP contribution in [0, 0.1) is 0 Å². The van der Waals surface area contributed by atoms with Crippen LogP contribution in [0.4, 0.5) is 5.95 Å². The molecule has 0 aliphatic heterocycles. The van der Waals surface area contributed by atoms with Gasteiger partial charge in [-0.1, -0.05) is 6.07 Å². The molecule has 6 nitrogen and oxygen atoms in total. The van der Waals surface area contributed by atoms with E-state index < -0.39 is 0 Å². The average molecular weight is 287 g/mol. The summed E-state index contributed by atoms with van der Waals surface area (Å²) in [5, 5.41) is 4.04. The molecule has 0 atom stereocenters. The van der Waals surface area contributed by atoms with E-state index in [9.17, 15) is 0 Å². The second-order valence-corrected chi connectivity index (χ2v) is 5.68. The maximum absolute atomic E-state index is 5.28. The largest absolute Gasteiger partial charge is 0.337 e. The summed E-state index contributed by atoms with van der Waals surface area (Å²) in [6.45, 7) is 0.719. The van der Waals surface area contributed by atoms with E-state index in [1.165, 1.54) is 24.6 Å². The quantitative estimate of drug-likeness (QED) is 0.734. The minimum Gasteiger partial charge on any atom is -0.337 e. The fraction of sp³-hybridized carbons (Fsp3) is 0.385. The van der Waals surface area contributed by atoms with Crippen LogP contribution in [0.15, 0.2) is 22.7 Å². The van der Waals surface area contributed by atoms with Crippen LogP contribution in [0.5, 0.6) is 0 Å². The first-order chi connectivity index (χ1) is 9.79. The predicted octanol–water partition coefficient (Wildman–Crippen LogP) is 2.59. The van der Waals surface area contributed by atoms with Crippen LogP contribution in [0.2, 0.25) is 0 Å². The molecule has 0 bridgehead atoms. The summed E-state index contributed by atoms with van der Waals surface area (Å²) in [5.41, 5.74) is 3.04. The third-order valence-electron chi connectivity index (χ3n) is 3.44. The molecule has 0 unspecified atom stereocenters. The number of anilines is 1. The topological polar surface area (TPSA) is 67.9 Å². The Labute approximate surface area is 119 Å². The van der Waals surface area contributed by atoms with E-state index in [4.69, 9.17) is 4.52 Å². The molecule has 1 fully saturated rings. The minimum atomic E-state index is 0.488. The summed E-state index contributed by atoms with van der Waals surface area (Å²) in [4.78, 5) is 6.43. The molecule has 0 saturated heterocycles. The van der Waals surface area contributed by atoms with Gasteiger partial charge in [-0.05, 0) is 35.7 Å². The molecular weight excluding hydrogens is 274 g/mol. The molecule has 102 valence electrons. The zero-order valence-electron chi connectivity index (χ0n) is 11.0. The highest BCUT2D eigenvalue weighted by molar-refractivity contribution is 7.00. The van der Waals surface area contributed by atoms with Crippen LogP contribution < -0.4 is 4.90 Å². The van der Waals surface area contributed by atoms with Crippen molar-refractivity contribution in [1.29, 1.82) is 0 Å². The van der Waals surface area contributed by atoms with E-state index in [1.807, 2.05) is 18.0 Å². The fourth-order valence-corrected chi connectivity index (χ4v) is 2.67. The fourth-order valence-electron chi connectivity index (χ4n) is 2.15. The van der Waals surface area contributed by atoms with Gasteiger partial charge in [0.15, 0.2) is 0 Å². The van der Waals surface area contributed by atoms with Crippen LogP contribution in [-0.4, -0.2) is 25.9 Å². The van der Waals surface area contributed by atoms with Gasteiger partial charge in [-0.15, -0.1) is 0 Å². The van der Waals surface area contributed by atoms with Crippen molar-refractivity contribution in [3.05, 3.63) is 29.7 Å². The highest BCUT2D eigenvalue weighted by Gasteiger charge is 2.30. The molecule has 7 heteroatoms. The highest BCUT2D eigenvalue weighted by Crippen LogP contribution is 2.39. The Balaban J connectivity index is 1.53. The van der Waals surface area contributed by atoms with E-state index in [-0.39, 0.29) is 0 Å². The molecule has 1 saturated carbocycles. The number of hydrogen-bond acceptors (Lipinski definition) is 7. The summed E-state index contributed by atoms with van der Waals surface area (Å²) < 4.78 is 13.7. The van der Waals surface area contributed by atoms with Crippen molar-refractivity contribution >= 4 is 28.7 Å². The predicted molar refractivity (Wildman–Crippen MR) is 75.8 cm³/mol. The molecule has 2 aromatic heterocycles. The Hall–Kier alpha value is -2.02. The number of fused-ring (bicyclic) bond motifs is 1. The van der Waals surface area contributed by atoms with Crippen molar-refractivity contribution in [1.82, 2.24) is 18.9 Å². The van der Waals surface area contributed by atoms with Crippen molar-refractivity contribution in [2.24, 2.45) is 0 Å². The number of hydrogen-bond donors (Lipinski definition) is 0. The summed E-state index contributed by atoms with van der Waals surface area (Å²) in [5.74, 6) is 1.90. The second-order valence-electron chi connectivity index (χ2n) is 5.15. The maximum Gasteiger partial charge on any atom is 0.266 e. The SMILES string of the molecule is CN(Cc1ccc2nsnc2c1)c1noc(C2CC2)n1. The molecule has 1 aliphatic rings. The van der Waals surface area contributed by atoms with Crippen LogP contribution in [0.1, 0.15) is 30.2 Å². The number of aromatic nitrogens is 4. The molecule has 20 heavy (non-hydrogen) atoms. The van der Waals surface area contributed by atoms with Crippen molar-refractivity contribution in [3.63, 3.8) is 0 Å². The van der Waals surface area contributed by atoms with Crippen LogP contribution in [-0.2, 0) is 6.54 Å². The molecule has 0 radical (unpaired) electrons. The zero-order valence-corrected chi connectivity index (χ0v) is 11.8. The van der Waals surface area contributed by atoms with Crippen molar-refractivity contribution < 1.29 is 4.52 Å². The molecular formula is C13H13N5OS. The Morgan fingerprint density at radius 1 is 1.30 bits per heavy atom. The first-order valence-electron chi connectivity index (χ1n) is 6.55. The third-order valence-corrected chi connectivity index (χ3v) is 3.99. The molecule has 4 rings (SSSR count). The van der Waals surface area contributed by atoms with Gasteiger partial charge in [0.25, 0.3) is 5.95 Å².